The van der Waals surface area contributed by atoms with E-state index in [1.807, 2.05) is 0 Å². The molecule has 1 aliphatic heterocycles. The van der Waals surface area contributed by atoms with Gasteiger partial charge in [-0.15, -0.1) is 0 Å². The largest absolute Gasteiger partial charge is 0.469 e. The van der Waals surface area contributed by atoms with E-state index in [0.717, 1.165) is 25.7 Å². The quantitative estimate of drug-likeness (QED) is 0.439. The molecule has 1 aromatic carbocycles. The highest BCUT2D eigenvalue weighted by Crippen LogP contribution is 2.22. The third-order valence-electron chi connectivity index (χ3n) is 3.62. The van der Waals surface area contributed by atoms with Crippen LogP contribution >= 0.6 is 0 Å². The van der Waals surface area contributed by atoms with Gasteiger partial charge in [0, 0.05) is 13.0 Å². The van der Waals surface area contributed by atoms with Crippen LogP contribution in [-0.2, 0) is 9.53 Å². The van der Waals surface area contributed by atoms with Crippen LogP contribution in [-0.4, -0.2) is 36.3 Å². The topological polar surface area (TPSA) is 63.7 Å². The van der Waals surface area contributed by atoms with Crippen molar-refractivity contribution in [2.45, 2.75) is 32.1 Å². The van der Waals surface area contributed by atoms with Gasteiger partial charge in [0.25, 0.3) is 11.8 Å². The molecular formula is C16H19NO4. The van der Waals surface area contributed by atoms with Crippen LogP contribution in [0.2, 0.25) is 0 Å². The highest BCUT2D eigenvalue weighted by atomic mass is 16.5. The van der Waals surface area contributed by atoms with Gasteiger partial charge in [-0.25, -0.2) is 0 Å². The van der Waals surface area contributed by atoms with E-state index in [-0.39, 0.29) is 17.8 Å². The number of methoxy groups -OCH3 is 1. The third kappa shape index (κ3) is 3.48. The standard InChI is InChI=1S/C16H19NO4/c1-21-14(18)10-4-2-3-7-11-17-15(19)12-8-5-6-9-13(12)16(17)20/h5-6,8-9H,2-4,7,10-11H2,1H3. The van der Waals surface area contributed by atoms with Gasteiger partial charge in [-0.1, -0.05) is 25.0 Å². The molecule has 5 nitrogen and oxygen atoms in total. The molecule has 0 unspecified atom stereocenters. The van der Waals surface area contributed by atoms with Gasteiger partial charge < -0.3 is 4.74 Å². The second-order valence-corrected chi connectivity index (χ2v) is 5.05. The van der Waals surface area contributed by atoms with Gasteiger partial charge >= 0.3 is 5.97 Å². The highest BCUT2D eigenvalue weighted by molar-refractivity contribution is 6.21. The number of ether oxygens (including phenoxy) is 1. The van der Waals surface area contributed by atoms with Crippen molar-refractivity contribution in [1.29, 1.82) is 0 Å². The predicted octanol–water partition coefficient (Wildman–Crippen LogP) is 2.41. The molecule has 112 valence electrons. The third-order valence-corrected chi connectivity index (χ3v) is 3.62. The summed E-state index contributed by atoms with van der Waals surface area (Å²) in [6.07, 6.45) is 3.72. The van der Waals surface area contributed by atoms with Gasteiger partial charge in [-0.3, -0.25) is 19.3 Å². The van der Waals surface area contributed by atoms with Crippen LogP contribution < -0.4 is 0 Å². The van der Waals surface area contributed by atoms with Crippen molar-refractivity contribution in [3.8, 4) is 0 Å². The van der Waals surface area contributed by atoms with Gasteiger partial charge in [0.1, 0.15) is 0 Å². The summed E-state index contributed by atoms with van der Waals surface area (Å²) in [7, 11) is 1.38. The predicted molar refractivity (Wildman–Crippen MR) is 76.9 cm³/mol. The maximum absolute atomic E-state index is 12.1. The first kappa shape index (κ1) is 15.2. The Hall–Kier alpha value is -2.17. The van der Waals surface area contributed by atoms with E-state index >= 15 is 0 Å². The minimum absolute atomic E-state index is 0.199. The van der Waals surface area contributed by atoms with Gasteiger partial charge in [0.05, 0.1) is 18.2 Å². The number of imide groups is 1. The Morgan fingerprint density at radius 2 is 1.57 bits per heavy atom. The summed E-state index contributed by atoms with van der Waals surface area (Å²) in [5.41, 5.74) is 0.987. The molecule has 1 aliphatic rings. The van der Waals surface area contributed by atoms with Gasteiger partial charge in [-0.2, -0.15) is 0 Å². The van der Waals surface area contributed by atoms with Crippen LogP contribution in [0.15, 0.2) is 24.3 Å². The molecule has 0 spiro atoms. The minimum Gasteiger partial charge on any atom is -0.469 e. The number of amides is 2. The van der Waals surface area contributed by atoms with Crippen LogP contribution in [0.25, 0.3) is 0 Å². The fraction of sp³-hybridized carbons (Fsp3) is 0.438. The Kier molecular flexibility index (Phi) is 5.09. The van der Waals surface area contributed by atoms with Crippen LogP contribution in [0.1, 0.15) is 52.8 Å². The molecule has 2 rings (SSSR count). The van der Waals surface area contributed by atoms with Crippen LogP contribution in [0.5, 0.6) is 0 Å². The molecule has 0 bridgehead atoms. The fourth-order valence-corrected chi connectivity index (χ4v) is 2.44. The second-order valence-electron chi connectivity index (χ2n) is 5.05. The Labute approximate surface area is 123 Å². The SMILES string of the molecule is COC(=O)CCCCCCN1C(=O)c2ccccc2C1=O. The minimum atomic E-state index is -0.204. The molecule has 0 fully saturated rings. The number of carbonyl (C=O) groups excluding carboxylic acids is 3. The lowest BCUT2D eigenvalue weighted by Crippen LogP contribution is -2.30. The van der Waals surface area contributed by atoms with E-state index in [9.17, 15) is 14.4 Å². The zero-order valence-corrected chi connectivity index (χ0v) is 12.1. The molecule has 0 aromatic heterocycles. The van der Waals surface area contributed by atoms with Gasteiger partial charge in [0.15, 0.2) is 0 Å². The van der Waals surface area contributed by atoms with Crippen molar-refractivity contribution < 1.29 is 19.1 Å². The molecule has 1 heterocycles. The monoisotopic (exact) mass is 289 g/mol. The van der Waals surface area contributed by atoms with E-state index in [2.05, 4.69) is 4.74 Å². The number of esters is 1. The van der Waals surface area contributed by atoms with Crippen molar-refractivity contribution in [3.05, 3.63) is 35.4 Å². The number of rotatable bonds is 7. The van der Waals surface area contributed by atoms with Crippen LogP contribution in [0, 0.1) is 0 Å². The van der Waals surface area contributed by atoms with Crippen molar-refractivity contribution in [3.63, 3.8) is 0 Å². The lowest BCUT2D eigenvalue weighted by Gasteiger charge is -2.13. The summed E-state index contributed by atoms with van der Waals surface area (Å²) >= 11 is 0. The number of hydrogen-bond donors (Lipinski definition) is 0. The Morgan fingerprint density at radius 1 is 1.00 bits per heavy atom. The van der Waals surface area contributed by atoms with E-state index in [4.69, 9.17) is 0 Å². The Balaban J connectivity index is 1.74. The van der Waals surface area contributed by atoms with Gasteiger partial charge in [-0.05, 0) is 25.0 Å². The lowest BCUT2D eigenvalue weighted by molar-refractivity contribution is -0.140. The number of nitrogens with zero attached hydrogens (tertiary/aromatic N) is 1. The normalized spacial score (nSPS) is 13.5. The second kappa shape index (κ2) is 7.02. The zero-order chi connectivity index (χ0) is 15.2. The van der Waals surface area contributed by atoms with Crippen molar-refractivity contribution in [2.75, 3.05) is 13.7 Å². The summed E-state index contributed by atoms with van der Waals surface area (Å²) in [4.78, 5) is 36.5. The molecule has 2 amide bonds. The van der Waals surface area contributed by atoms with Crippen molar-refractivity contribution in [1.82, 2.24) is 4.90 Å². The Bertz CT molecular complexity index is 518. The maximum atomic E-state index is 12.1. The van der Waals surface area contributed by atoms with E-state index in [0.29, 0.717) is 24.1 Å². The molecule has 0 radical (unpaired) electrons. The van der Waals surface area contributed by atoms with E-state index in [1.54, 1.807) is 24.3 Å². The Morgan fingerprint density at radius 3 is 2.14 bits per heavy atom. The molecule has 21 heavy (non-hydrogen) atoms. The molecule has 0 saturated carbocycles. The molecular weight excluding hydrogens is 270 g/mol. The molecule has 1 aromatic rings. The first-order valence-electron chi connectivity index (χ1n) is 7.17. The molecule has 0 saturated heterocycles. The highest BCUT2D eigenvalue weighted by Gasteiger charge is 2.34. The van der Waals surface area contributed by atoms with Crippen molar-refractivity contribution in [2.24, 2.45) is 0 Å². The smallest absolute Gasteiger partial charge is 0.305 e. The van der Waals surface area contributed by atoms with Crippen LogP contribution in [0.3, 0.4) is 0 Å². The van der Waals surface area contributed by atoms with Crippen LogP contribution in [0.4, 0.5) is 0 Å². The lowest BCUT2D eigenvalue weighted by atomic mass is 10.1. The number of hydrogen-bond acceptors (Lipinski definition) is 4. The number of benzene rings is 1. The molecule has 5 heteroatoms. The van der Waals surface area contributed by atoms with E-state index in [1.165, 1.54) is 12.0 Å². The summed E-state index contributed by atoms with van der Waals surface area (Å²) < 4.78 is 4.57. The molecule has 0 aliphatic carbocycles. The zero-order valence-electron chi connectivity index (χ0n) is 12.1. The number of carbonyl (C=O) groups is 3. The summed E-state index contributed by atoms with van der Waals surface area (Å²) in [5, 5.41) is 0. The summed E-state index contributed by atoms with van der Waals surface area (Å²) in [6, 6.07) is 6.90. The average Bonchev–Trinajstić information content (AvgIpc) is 2.75. The molecule has 0 N–H and O–H groups in total. The summed E-state index contributed by atoms with van der Waals surface area (Å²) in [5.74, 6) is -0.606. The average molecular weight is 289 g/mol. The van der Waals surface area contributed by atoms with Gasteiger partial charge in [0.2, 0.25) is 0 Å². The first-order chi connectivity index (χ1) is 10.1. The van der Waals surface area contributed by atoms with Crippen molar-refractivity contribution >= 4 is 17.8 Å². The van der Waals surface area contributed by atoms with E-state index < -0.39 is 0 Å². The number of unbranched alkanes of at least 4 members (excludes halogenated alkanes) is 3. The number of fused-ring (bicyclic) bond motifs is 1. The summed E-state index contributed by atoms with van der Waals surface area (Å²) in [6.45, 7) is 0.435. The fourth-order valence-electron chi connectivity index (χ4n) is 2.44. The first-order valence-corrected chi connectivity index (χ1v) is 7.17. The maximum Gasteiger partial charge on any atom is 0.305 e. The molecule has 0 atom stereocenters.